The lowest BCUT2D eigenvalue weighted by molar-refractivity contribution is -0.141. The molecular weight excluding hydrogens is 441 g/mol. The third-order valence-electron chi connectivity index (χ3n) is 5.79. The molecule has 6 heteroatoms. The Morgan fingerprint density at radius 2 is 1.67 bits per heavy atom. The lowest BCUT2D eigenvalue weighted by Crippen LogP contribution is -2.38. The van der Waals surface area contributed by atoms with Gasteiger partial charge in [0.05, 0.1) is 12.1 Å². The van der Waals surface area contributed by atoms with Gasteiger partial charge in [0.2, 0.25) is 5.91 Å². The minimum Gasteiger partial charge on any atom is -0.457 e. The molecule has 1 aliphatic heterocycles. The molecule has 168 valence electrons. The van der Waals surface area contributed by atoms with Gasteiger partial charge >= 0.3 is 5.97 Å². The van der Waals surface area contributed by atoms with Gasteiger partial charge in [-0.1, -0.05) is 72.3 Å². The number of hydrogen-bond acceptors (Lipinski definition) is 3. The van der Waals surface area contributed by atoms with Crippen LogP contribution in [0.2, 0.25) is 5.02 Å². The van der Waals surface area contributed by atoms with Gasteiger partial charge in [0.25, 0.3) is 0 Å². The smallest absolute Gasteiger partial charge is 0.336 e. The van der Waals surface area contributed by atoms with Crippen LogP contribution in [0.25, 0.3) is 0 Å². The monoisotopic (exact) mass is 463 g/mol. The Bertz CT molecular complexity index is 1190. The number of allylic oxidation sites excluding steroid dienone is 1. The van der Waals surface area contributed by atoms with E-state index in [9.17, 15) is 14.0 Å². The molecule has 0 aliphatic carbocycles. The van der Waals surface area contributed by atoms with E-state index in [1.54, 1.807) is 36.1 Å². The number of ether oxygens (including phenoxy) is 1. The normalized spacial score (nSPS) is 16.2. The van der Waals surface area contributed by atoms with Crippen LogP contribution in [-0.2, 0) is 27.5 Å². The third-order valence-corrected chi connectivity index (χ3v) is 6.13. The molecule has 3 aromatic carbocycles. The number of hydrogen-bond donors (Lipinski definition) is 0. The summed E-state index contributed by atoms with van der Waals surface area (Å²) in [7, 11) is 0. The van der Waals surface area contributed by atoms with Crippen molar-refractivity contribution in [3.05, 3.63) is 118 Å². The van der Waals surface area contributed by atoms with Crippen LogP contribution >= 0.6 is 11.6 Å². The van der Waals surface area contributed by atoms with Gasteiger partial charge < -0.3 is 9.64 Å². The van der Waals surface area contributed by atoms with Gasteiger partial charge in [0, 0.05) is 23.1 Å². The Morgan fingerprint density at radius 3 is 2.36 bits per heavy atom. The van der Waals surface area contributed by atoms with Gasteiger partial charge in [-0.05, 0) is 41.8 Å². The summed E-state index contributed by atoms with van der Waals surface area (Å²) in [6.45, 7) is 2.09. The van der Waals surface area contributed by atoms with E-state index in [1.165, 1.54) is 12.1 Å². The van der Waals surface area contributed by atoms with E-state index in [0.29, 0.717) is 21.9 Å². The Morgan fingerprint density at radius 1 is 1.00 bits per heavy atom. The quantitative estimate of drug-likeness (QED) is 0.420. The molecule has 3 aromatic rings. The number of carbonyl (C=O) groups excluding carboxylic acids is 2. The molecule has 4 rings (SSSR count). The van der Waals surface area contributed by atoms with E-state index in [0.717, 1.165) is 11.1 Å². The molecule has 33 heavy (non-hydrogen) atoms. The summed E-state index contributed by atoms with van der Waals surface area (Å²) in [5.74, 6) is -1.49. The zero-order valence-electron chi connectivity index (χ0n) is 18.1. The number of amides is 1. The van der Waals surface area contributed by atoms with Crippen molar-refractivity contribution < 1.29 is 18.7 Å². The highest BCUT2D eigenvalue weighted by Gasteiger charge is 2.37. The Hall–Kier alpha value is -3.44. The summed E-state index contributed by atoms with van der Waals surface area (Å²) >= 11 is 6.44. The second-order valence-corrected chi connectivity index (χ2v) is 8.35. The van der Waals surface area contributed by atoms with Gasteiger partial charge in [-0.2, -0.15) is 0 Å². The molecule has 0 saturated heterocycles. The van der Waals surface area contributed by atoms with Crippen LogP contribution in [0, 0.1) is 5.82 Å². The van der Waals surface area contributed by atoms with Gasteiger partial charge in [0.1, 0.15) is 12.4 Å². The number of rotatable bonds is 6. The molecule has 1 amide bonds. The third kappa shape index (κ3) is 5.15. The molecule has 0 bridgehead atoms. The van der Waals surface area contributed by atoms with Gasteiger partial charge in [0.15, 0.2) is 0 Å². The zero-order chi connectivity index (χ0) is 23.4. The standard InChI is InChI=1S/C27H23ClFNO3/c1-18-26(27(32)33-17-20-7-3-2-4-8-20)23(22-9-5-6-10-24(22)28)15-25(31)30(18)16-19-11-13-21(29)14-12-19/h2-14,23H,15-17H2,1H3. The van der Waals surface area contributed by atoms with Crippen molar-refractivity contribution in [3.63, 3.8) is 0 Å². The van der Waals surface area contributed by atoms with E-state index in [1.807, 2.05) is 42.5 Å². The minimum atomic E-state index is -0.515. The summed E-state index contributed by atoms with van der Waals surface area (Å²) in [4.78, 5) is 28.0. The number of halogens is 2. The number of carbonyl (C=O) groups is 2. The molecule has 1 aliphatic rings. The molecule has 0 saturated carbocycles. The minimum absolute atomic E-state index is 0.0814. The van der Waals surface area contributed by atoms with Crippen molar-refractivity contribution in [1.82, 2.24) is 4.90 Å². The summed E-state index contributed by atoms with van der Waals surface area (Å²) < 4.78 is 19.0. The summed E-state index contributed by atoms with van der Waals surface area (Å²) in [5, 5.41) is 0.489. The molecule has 0 aromatic heterocycles. The first-order valence-corrected chi connectivity index (χ1v) is 11.0. The molecule has 0 spiro atoms. The topological polar surface area (TPSA) is 46.6 Å². The number of esters is 1. The Kier molecular flexibility index (Phi) is 6.90. The van der Waals surface area contributed by atoms with E-state index in [-0.39, 0.29) is 31.3 Å². The maximum atomic E-state index is 13.3. The maximum Gasteiger partial charge on any atom is 0.336 e. The summed E-state index contributed by atoms with van der Waals surface area (Å²) in [6.07, 6.45) is 0.0814. The highest BCUT2D eigenvalue weighted by atomic mass is 35.5. The molecule has 0 radical (unpaired) electrons. The molecular formula is C27H23ClFNO3. The number of nitrogens with zero attached hydrogens (tertiary/aromatic N) is 1. The molecule has 4 nitrogen and oxygen atoms in total. The van der Waals surface area contributed by atoms with Crippen LogP contribution in [-0.4, -0.2) is 16.8 Å². The van der Waals surface area contributed by atoms with Gasteiger partial charge in [-0.25, -0.2) is 9.18 Å². The first kappa shape index (κ1) is 22.7. The first-order valence-electron chi connectivity index (χ1n) is 10.6. The van der Waals surface area contributed by atoms with E-state index in [2.05, 4.69) is 0 Å². The second-order valence-electron chi connectivity index (χ2n) is 7.95. The van der Waals surface area contributed by atoms with Crippen LogP contribution in [0.5, 0.6) is 0 Å². The molecule has 1 heterocycles. The first-order chi connectivity index (χ1) is 15.9. The fourth-order valence-corrected chi connectivity index (χ4v) is 4.33. The van der Waals surface area contributed by atoms with Crippen molar-refractivity contribution in [2.75, 3.05) is 0 Å². The predicted octanol–water partition coefficient (Wildman–Crippen LogP) is 6.01. The lowest BCUT2D eigenvalue weighted by Gasteiger charge is -2.35. The van der Waals surface area contributed by atoms with Crippen LogP contribution in [0.3, 0.4) is 0 Å². The predicted molar refractivity (Wildman–Crippen MR) is 125 cm³/mol. The average molecular weight is 464 g/mol. The van der Waals surface area contributed by atoms with Gasteiger partial charge in [-0.3, -0.25) is 4.79 Å². The summed E-state index contributed by atoms with van der Waals surface area (Å²) in [6, 6.07) is 22.6. The molecule has 0 fully saturated rings. The van der Waals surface area contributed by atoms with Crippen molar-refractivity contribution in [1.29, 1.82) is 0 Å². The molecule has 1 unspecified atom stereocenters. The number of benzene rings is 3. The fourth-order valence-electron chi connectivity index (χ4n) is 4.06. The zero-order valence-corrected chi connectivity index (χ0v) is 18.9. The maximum absolute atomic E-state index is 13.3. The van der Waals surface area contributed by atoms with E-state index < -0.39 is 11.9 Å². The van der Waals surface area contributed by atoms with Crippen LogP contribution in [0.15, 0.2) is 90.1 Å². The molecule has 0 N–H and O–H groups in total. The fraction of sp³-hybridized carbons (Fsp3) is 0.185. The van der Waals surface area contributed by atoms with Crippen LogP contribution < -0.4 is 0 Å². The summed E-state index contributed by atoms with van der Waals surface area (Å²) in [5.41, 5.74) is 3.25. The van der Waals surface area contributed by atoms with Crippen molar-refractivity contribution in [3.8, 4) is 0 Å². The largest absolute Gasteiger partial charge is 0.457 e. The van der Waals surface area contributed by atoms with Crippen LogP contribution in [0.4, 0.5) is 4.39 Å². The lowest BCUT2D eigenvalue weighted by atomic mass is 9.83. The van der Waals surface area contributed by atoms with Crippen molar-refractivity contribution in [2.45, 2.75) is 32.4 Å². The SMILES string of the molecule is CC1=C(C(=O)OCc2ccccc2)C(c2ccccc2Cl)CC(=O)N1Cc1ccc(F)cc1. The molecule has 1 atom stereocenters. The van der Waals surface area contributed by atoms with Crippen LogP contribution in [0.1, 0.15) is 36.0 Å². The van der Waals surface area contributed by atoms with Gasteiger partial charge in [-0.15, -0.1) is 0 Å². The van der Waals surface area contributed by atoms with Crippen molar-refractivity contribution >= 4 is 23.5 Å². The van der Waals surface area contributed by atoms with E-state index in [4.69, 9.17) is 16.3 Å². The Labute approximate surface area is 197 Å². The second kappa shape index (κ2) is 10.0. The average Bonchev–Trinajstić information content (AvgIpc) is 2.82. The van der Waals surface area contributed by atoms with Crippen molar-refractivity contribution in [2.24, 2.45) is 0 Å². The highest BCUT2D eigenvalue weighted by molar-refractivity contribution is 6.31. The van der Waals surface area contributed by atoms with E-state index >= 15 is 0 Å². The Balaban J connectivity index is 1.69. The highest BCUT2D eigenvalue weighted by Crippen LogP contribution is 2.40.